The van der Waals surface area contributed by atoms with Crippen LogP contribution in [0.1, 0.15) is 20.3 Å². The van der Waals surface area contributed by atoms with Crippen LogP contribution >= 0.6 is 0 Å². The second-order valence-electron chi connectivity index (χ2n) is 4.36. The summed E-state index contributed by atoms with van der Waals surface area (Å²) in [6.07, 6.45) is 1.96. The number of carbonyl (C=O) groups is 1. The molecular formula is C10H17BO4. The lowest BCUT2D eigenvalue weighted by Gasteiger charge is -2.31. The Balaban J connectivity index is 2.26. The molecule has 0 bridgehead atoms. The molecule has 0 atom stereocenters. The topological polar surface area (TPSA) is 44.8 Å². The summed E-state index contributed by atoms with van der Waals surface area (Å²) in [6, 6.07) is 0. The van der Waals surface area contributed by atoms with E-state index in [2.05, 4.69) is 18.6 Å². The molecule has 4 nitrogen and oxygen atoms in total. The number of carbonyl (C=O) groups excluding carboxylic acids is 1. The molecule has 0 spiro atoms. The number of rotatable bonds is 3. The Morgan fingerprint density at radius 3 is 2.60 bits per heavy atom. The molecule has 1 aliphatic rings. The minimum Gasteiger partial charge on any atom is -0.469 e. The van der Waals surface area contributed by atoms with Crippen molar-refractivity contribution in [2.45, 2.75) is 20.3 Å². The van der Waals surface area contributed by atoms with E-state index in [-0.39, 0.29) is 24.9 Å². The van der Waals surface area contributed by atoms with Crippen molar-refractivity contribution in [1.29, 1.82) is 0 Å². The Hall–Kier alpha value is -0.805. The maximum Gasteiger partial charge on any atom is 0.485 e. The highest BCUT2D eigenvalue weighted by atomic mass is 16.6. The minimum atomic E-state index is -0.331. The molecule has 15 heavy (non-hydrogen) atoms. The first-order chi connectivity index (χ1) is 7.03. The number of esters is 1. The van der Waals surface area contributed by atoms with E-state index >= 15 is 0 Å². The van der Waals surface area contributed by atoms with Crippen LogP contribution in [0.3, 0.4) is 0 Å². The van der Waals surface area contributed by atoms with Crippen molar-refractivity contribution in [2.24, 2.45) is 5.41 Å². The van der Waals surface area contributed by atoms with E-state index < -0.39 is 0 Å². The molecule has 1 saturated heterocycles. The molecule has 0 N–H and O–H groups in total. The Bertz CT molecular complexity index is 240. The van der Waals surface area contributed by atoms with Crippen LogP contribution in [0.4, 0.5) is 0 Å². The van der Waals surface area contributed by atoms with Crippen LogP contribution < -0.4 is 0 Å². The molecule has 0 radical (unpaired) electrons. The van der Waals surface area contributed by atoms with Gasteiger partial charge in [-0.3, -0.25) is 4.79 Å². The fourth-order valence-electron chi connectivity index (χ4n) is 1.18. The van der Waals surface area contributed by atoms with Gasteiger partial charge in [0.25, 0.3) is 0 Å². The maximum atomic E-state index is 10.8. The van der Waals surface area contributed by atoms with Gasteiger partial charge in [0.2, 0.25) is 0 Å². The molecular weight excluding hydrogens is 195 g/mol. The molecule has 0 aromatic rings. The van der Waals surface area contributed by atoms with Gasteiger partial charge in [0.05, 0.1) is 13.5 Å². The molecule has 0 unspecified atom stereocenters. The molecule has 84 valence electrons. The predicted molar refractivity (Wildman–Crippen MR) is 57.2 cm³/mol. The van der Waals surface area contributed by atoms with E-state index in [4.69, 9.17) is 9.31 Å². The minimum absolute atomic E-state index is 0.0761. The number of hydrogen-bond acceptors (Lipinski definition) is 4. The summed E-state index contributed by atoms with van der Waals surface area (Å²) >= 11 is 0. The molecule has 1 fully saturated rings. The van der Waals surface area contributed by atoms with Gasteiger partial charge in [0, 0.05) is 18.6 Å². The first-order valence-electron chi connectivity index (χ1n) is 5.00. The summed E-state index contributed by atoms with van der Waals surface area (Å²) in [4.78, 5) is 10.8. The first kappa shape index (κ1) is 12.3. The van der Waals surface area contributed by atoms with Gasteiger partial charge in [-0.25, -0.2) is 0 Å². The number of hydrogen-bond donors (Lipinski definition) is 0. The van der Waals surface area contributed by atoms with Gasteiger partial charge < -0.3 is 14.0 Å². The zero-order valence-electron chi connectivity index (χ0n) is 9.49. The third-order valence-electron chi connectivity index (χ3n) is 2.08. The van der Waals surface area contributed by atoms with Crippen molar-refractivity contribution >= 4 is 13.1 Å². The number of ether oxygens (including phenoxy) is 1. The molecule has 0 aliphatic carbocycles. The van der Waals surface area contributed by atoms with E-state index in [0.717, 1.165) is 0 Å². The van der Waals surface area contributed by atoms with E-state index in [9.17, 15) is 4.79 Å². The van der Waals surface area contributed by atoms with Crippen molar-refractivity contribution in [3.05, 3.63) is 12.1 Å². The Labute approximate surface area is 90.7 Å². The lowest BCUT2D eigenvalue weighted by atomic mass is 9.83. The average molecular weight is 212 g/mol. The summed E-state index contributed by atoms with van der Waals surface area (Å²) in [5.41, 5.74) is 0.0761. The zero-order chi connectivity index (χ0) is 11.3. The van der Waals surface area contributed by atoms with E-state index in [1.165, 1.54) is 7.11 Å². The SMILES string of the molecule is COC(=O)C/C=C/B1OCC(C)(C)CO1. The fourth-order valence-corrected chi connectivity index (χ4v) is 1.18. The van der Waals surface area contributed by atoms with Crippen molar-refractivity contribution in [3.63, 3.8) is 0 Å². The third-order valence-corrected chi connectivity index (χ3v) is 2.08. The van der Waals surface area contributed by atoms with Gasteiger partial charge in [-0.1, -0.05) is 25.9 Å². The average Bonchev–Trinajstić information content (AvgIpc) is 2.20. The summed E-state index contributed by atoms with van der Waals surface area (Å²) in [5, 5.41) is 0. The van der Waals surface area contributed by atoms with E-state index in [1.54, 1.807) is 12.1 Å². The smallest absolute Gasteiger partial charge is 0.469 e. The summed E-state index contributed by atoms with van der Waals surface area (Å²) in [7, 11) is 1.04. The highest BCUT2D eigenvalue weighted by molar-refractivity contribution is 6.50. The maximum absolute atomic E-state index is 10.8. The van der Waals surface area contributed by atoms with Crippen LogP contribution in [0.25, 0.3) is 0 Å². The fraction of sp³-hybridized carbons (Fsp3) is 0.700. The van der Waals surface area contributed by atoms with Crippen molar-refractivity contribution in [1.82, 2.24) is 0 Å². The Kier molecular flexibility index (Phi) is 4.35. The lowest BCUT2D eigenvalue weighted by Crippen LogP contribution is -2.39. The van der Waals surface area contributed by atoms with Gasteiger partial charge in [0.1, 0.15) is 0 Å². The second kappa shape index (κ2) is 5.33. The monoisotopic (exact) mass is 212 g/mol. The molecule has 5 heteroatoms. The largest absolute Gasteiger partial charge is 0.485 e. The van der Waals surface area contributed by atoms with Crippen LogP contribution in [-0.2, 0) is 18.8 Å². The van der Waals surface area contributed by atoms with Crippen LogP contribution in [0.2, 0.25) is 0 Å². The van der Waals surface area contributed by atoms with Crippen LogP contribution in [-0.4, -0.2) is 33.4 Å². The van der Waals surface area contributed by atoms with Crippen molar-refractivity contribution in [3.8, 4) is 0 Å². The zero-order valence-corrected chi connectivity index (χ0v) is 9.49. The van der Waals surface area contributed by atoms with Gasteiger partial charge in [-0.05, 0) is 0 Å². The molecule has 1 rings (SSSR count). The molecule has 0 saturated carbocycles. The lowest BCUT2D eigenvalue weighted by molar-refractivity contribution is -0.139. The summed E-state index contributed by atoms with van der Waals surface area (Å²) in [5.74, 6) is 1.48. The van der Waals surface area contributed by atoms with Crippen molar-refractivity contribution < 1.29 is 18.8 Å². The van der Waals surface area contributed by atoms with Gasteiger partial charge >= 0.3 is 13.1 Å². The van der Waals surface area contributed by atoms with Gasteiger partial charge in [-0.2, -0.15) is 0 Å². The van der Waals surface area contributed by atoms with Gasteiger partial charge in [0.15, 0.2) is 0 Å². The second-order valence-corrected chi connectivity index (χ2v) is 4.36. The summed E-state index contributed by atoms with van der Waals surface area (Å²) in [6.45, 7) is 5.50. The highest BCUT2D eigenvalue weighted by Gasteiger charge is 2.30. The quantitative estimate of drug-likeness (QED) is 0.520. The normalized spacial score (nSPS) is 20.6. The Morgan fingerprint density at radius 1 is 1.47 bits per heavy atom. The third kappa shape index (κ3) is 4.49. The molecule has 0 aromatic carbocycles. The molecule has 1 heterocycles. The van der Waals surface area contributed by atoms with E-state index in [0.29, 0.717) is 13.2 Å². The standard InChI is InChI=1S/C10H17BO4/c1-10(2)7-14-11(15-8-10)6-4-5-9(12)13-3/h4,6H,5,7-8H2,1-3H3/b6-4+. The van der Waals surface area contributed by atoms with Gasteiger partial charge in [-0.15, -0.1) is 0 Å². The molecule has 0 aromatic heterocycles. The van der Waals surface area contributed by atoms with Crippen LogP contribution in [0.5, 0.6) is 0 Å². The summed E-state index contributed by atoms with van der Waals surface area (Å²) < 4.78 is 15.4. The van der Waals surface area contributed by atoms with Crippen LogP contribution in [0.15, 0.2) is 12.1 Å². The molecule has 1 aliphatic heterocycles. The van der Waals surface area contributed by atoms with Crippen LogP contribution in [0, 0.1) is 5.41 Å². The Morgan fingerprint density at radius 2 is 2.07 bits per heavy atom. The van der Waals surface area contributed by atoms with Crippen molar-refractivity contribution in [2.75, 3.05) is 20.3 Å². The van der Waals surface area contributed by atoms with E-state index in [1.807, 2.05) is 0 Å². The first-order valence-corrected chi connectivity index (χ1v) is 5.00. The number of methoxy groups -OCH3 is 1. The highest BCUT2D eigenvalue weighted by Crippen LogP contribution is 2.21. The molecule has 0 amide bonds. The predicted octanol–water partition coefficient (Wildman–Crippen LogP) is 1.21.